The number of hydrogen-bond donors (Lipinski definition) is 1. The molecule has 1 N–H and O–H groups in total. The van der Waals surface area contributed by atoms with E-state index in [1.165, 1.54) is 0 Å². The summed E-state index contributed by atoms with van der Waals surface area (Å²) in [5.74, 6) is -1.66. The summed E-state index contributed by atoms with van der Waals surface area (Å²) >= 11 is 0. The van der Waals surface area contributed by atoms with Crippen molar-refractivity contribution in [3.63, 3.8) is 0 Å². The first-order chi connectivity index (χ1) is 9.13. The minimum Gasteiger partial charge on any atom is -0.481 e. The highest BCUT2D eigenvalue weighted by Gasteiger charge is 2.39. The molecule has 1 heterocycles. The van der Waals surface area contributed by atoms with Crippen LogP contribution in [0, 0.1) is 11.8 Å². The normalized spacial score (nSPS) is 30.5. The van der Waals surface area contributed by atoms with Crippen molar-refractivity contribution in [3.8, 4) is 0 Å². The van der Waals surface area contributed by atoms with Crippen LogP contribution in [-0.4, -0.2) is 47.7 Å². The number of nitrogens with zero attached hydrogens (tertiary/aromatic N) is 1. The van der Waals surface area contributed by atoms with Gasteiger partial charge >= 0.3 is 5.97 Å². The molecule has 2 rings (SSSR count). The van der Waals surface area contributed by atoms with Gasteiger partial charge < -0.3 is 14.7 Å². The zero-order chi connectivity index (χ0) is 13.8. The van der Waals surface area contributed by atoms with Gasteiger partial charge in [-0.25, -0.2) is 0 Å². The smallest absolute Gasteiger partial charge is 0.307 e. The SMILES string of the molecule is CCN(CC1CCCO1)C(=O)[C@@H]1CCC[C@@H]1C(=O)O. The second-order valence-corrected chi connectivity index (χ2v) is 5.49. The molecule has 0 bridgehead atoms. The van der Waals surface area contributed by atoms with Crippen LogP contribution in [0.15, 0.2) is 0 Å². The fraction of sp³-hybridized carbons (Fsp3) is 0.857. The van der Waals surface area contributed by atoms with Gasteiger partial charge in [0.25, 0.3) is 0 Å². The Bertz CT molecular complexity index is 338. The Kier molecular flexibility index (Phi) is 4.80. The van der Waals surface area contributed by atoms with Crippen LogP contribution in [-0.2, 0) is 14.3 Å². The molecule has 2 fully saturated rings. The summed E-state index contributed by atoms with van der Waals surface area (Å²) < 4.78 is 5.56. The van der Waals surface area contributed by atoms with Crippen molar-refractivity contribution in [2.45, 2.75) is 45.1 Å². The van der Waals surface area contributed by atoms with Crippen molar-refractivity contribution in [1.29, 1.82) is 0 Å². The number of carboxylic acid groups (broad SMARTS) is 1. The number of rotatable bonds is 5. The fourth-order valence-corrected chi connectivity index (χ4v) is 3.19. The zero-order valence-electron chi connectivity index (χ0n) is 11.5. The van der Waals surface area contributed by atoms with Gasteiger partial charge in [-0.2, -0.15) is 0 Å². The van der Waals surface area contributed by atoms with E-state index in [0.717, 1.165) is 25.9 Å². The Morgan fingerprint density at radius 3 is 2.53 bits per heavy atom. The topological polar surface area (TPSA) is 66.8 Å². The van der Waals surface area contributed by atoms with Crippen LogP contribution < -0.4 is 0 Å². The second kappa shape index (κ2) is 6.37. The summed E-state index contributed by atoms with van der Waals surface area (Å²) in [6.07, 6.45) is 4.36. The van der Waals surface area contributed by atoms with E-state index in [0.29, 0.717) is 25.9 Å². The lowest BCUT2D eigenvalue weighted by molar-refractivity contribution is -0.149. The molecular formula is C14H23NO4. The van der Waals surface area contributed by atoms with E-state index in [2.05, 4.69) is 0 Å². The molecule has 1 aliphatic carbocycles. The Morgan fingerprint density at radius 2 is 1.95 bits per heavy atom. The van der Waals surface area contributed by atoms with Crippen LogP contribution in [0.3, 0.4) is 0 Å². The molecule has 5 heteroatoms. The number of hydrogen-bond acceptors (Lipinski definition) is 3. The van der Waals surface area contributed by atoms with Gasteiger partial charge in [0, 0.05) is 19.7 Å². The maximum Gasteiger partial charge on any atom is 0.307 e. The molecule has 108 valence electrons. The van der Waals surface area contributed by atoms with Crippen LogP contribution in [0.5, 0.6) is 0 Å². The molecule has 0 aromatic rings. The minimum absolute atomic E-state index is 0.00269. The molecule has 1 amide bonds. The highest BCUT2D eigenvalue weighted by atomic mass is 16.5. The lowest BCUT2D eigenvalue weighted by atomic mass is 9.94. The summed E-state index contributed by atoms with van der Waals surface area (Å²) in [7, 11) is 0. The summed E-state index contributed by atoms with van der Waals surface area (Å²) in [6.45, 7) is 3.95. The third-order valence-electron chi connectivity index (χ3n) is 4.29. The molecule has 3 atom stereocenters. The quantitative estimate of drug-likeness (QED) is 0.821. The van der Waals surface area contributed by atoms with Gasteiger partial charge in [-0.1, -0.05) is 6.42 Å². The van der Waals surface area contributed by atoms with Crippen LogP contribution in [0.4, 0.5) is 0 Å². The van der Waals surface area contributed by atoms with Crippen molar-refractivity contribution in [1.82, 2.24) is 4.90 Å². The standard InChI is InChI=1S/C14H23NO4/c1-2-15(9-10-5-4-8-19-10)13(16)11-6-3-7-12(11)14(17)18/h10-12H,2-9H2,1H3,(H,17,18)/t10?,11-,12+/m1/s1. The number of aliphatic carboxylic acids is 1. The van der Waals surface area contributed by atoms with E-state index in [9.17, 15) is 14.7 Å². The largest absolute Gasteiger partial charge is 0.481 e. The first-order valence-corrected chi connectivity index (χ1v) is 7.26. The number of amides is 1. The van der Waals surface area contributed by atoms with Crippen LogP contribution >= 0.6 is 0 Å². The highest BCUT2D eigenvalue weighted by Crippen LogP contribution is 2.33. The van der Waals surface area contributed by atoms with E-state index in [-0.39, 0.29) is 17.9 Å². The number of likely N-dealkylation sites (N-methyl/N-ethyl adjacent to an activating group) is 1. The van der Waals surface area contributed by atoms with Gasteiger partial charge in [-0.15, -0.1) is 0 Å². The predicted octanol–water partition coefficient (Wildman–Crippen LogP) is 1.51. The fourth-order valence-electron chi connectivity index (χ4n) is 3.19. The maximum absolute atomic E-state index is 12.5. The summed E-state index contributed by atoms with van der Waals surface area (Å²) in [6, 6.07) is 0. The summed E-state index contributed by atoms with van der Waals surface area (Å²) in [5.41, 5.74) is 0. The summed E-state index contributed by atoms with van der Waals surface area (Å²) in [4.78, 5) is 25.4. The van der Waals surface area contributed by atoms with Gasteiger partial charge in [0.1, 0.15) is 0 Å². The predicted molar refractivity (Wildman–Crippen MR) is 69.7 cm³/mol. The lowest BCUT2D eigenvalue weighted by Gasteiger charge is -2.28. The number of carbonyl (C=O) groups is 2. The second-order valence-electron chi connectivity index (χ2n) is 5.49. The molecule has 1 aliphatic heterocycles. The van der Waals surface area contributed by atoms with Gasteiger partial charge in [-0.3, -0.25) is 9.59 Å². The van der Waals surface area contributed by atoms with Crippen molar-refractivity contribution >= 4 is 11.9 Å². The van der Waals surface area contributed by atoms with Crippen molar-refractivity contribution in [3.05, 3.63) is 0 Å². The molecule has 1 unspecified atom stereocenters. The van der Waals surface area contributed by atoms with Crippen LogP contribution in [0.1, 0.15) is 39.0 Å². The lowest BCUT2D eigenvalue weighted by Crippen LogP contribution is -2.42. The summed E-state index contributed by atoms with van der Waals surface area (Å²) in [5, 5.41) is 9.18. The Morgan fingerprint density at radius 1 is 1.21 bits per heavy atom. The van der Waals surface area contributed by atoms with Crippen LogP contribution in [0.25, 0.3) is 0 Å². The van der Waals surface area contributed by atoms with Crippen molar-refractivity contribution in [2.24, 2.45) is 11.8 Å². The number of ether oxygens (including phenoxy) is 1. The van der Waals surface area contributed by atoms with Crippen LogP contribution in [0.2, 0.25) is 0 Å². The first kappa shape index (κ1) is 14.3. The molecule has 1 saturated carbocycles. The van der Waals surface area contributed by atoms with Gasteiger partial charge in [0.05, 0.1) is 17.9 Å². The molecule has 2 aliphatic rings. The average Bonchev–Trinajstić information content (AvgIpc) is 3.05. The van der Waals surface area contributed by atoms with E-state index < -0.39 is 11.9 Å². The molecule has 0 aromatic heterocycles. The maximum atomic E-state index is 12.5. The number of carboxylic acids is 1. The Balaban J connectivity index is 1.96. The highest BCUT2D eigenvalue weighted by molar-refractivity contribution is 5.85. The first-order valence-electron chi connectivity index (χ1n) is 7.26. The molecule has 0 radical (unpaired) electrons. The van der Waals surface area contributed by atoms with Gasteiger partial charge in [-0.05, 0) is 32.6 Å². The third kappa shape index (κ3) is 3.26. The Labute approximate surface area is 113 Å². The molecule has 0 spiro atoms. The number of carbonyl (C=O) groups excluding carboxylic acids is 1. The molecule has 19 heavy (non-hydrogen) atoms. The zero-order valence-corrected chi connectivity index (χ0v) is 11.5. The van der Waals surface area contributed by atoms with Gasteiger partial charge in [0.15, 0.2) is 0 Å². The van der Waals surface area contributed by atoms with Gasteiger partial charge in [0.2, 0.25) is 5.91 Å². The van der Waals surface area contributed by atoms with Crippen molar-refractivity contribution < 1.29 is 19.4 Å². The molecule has 1 saturated heterocycles. The Hall–Kier alpha value is -1.10. The van der Waals surface area contributed by atoms with E-state index in [1.54, 1.807) is 4.90 Å². The van der Waals surface area contributed by atoms with E-state index in [1.807, 2.05) is 6.92 Å². The van der Waals surface area contributed by atoms with E-state index in [4.69, 9.17) is 4.74 Å². The van der Waals surface area contributed by atoms with Crippen molar-refractivity contribution in [2.75, 3.05) is 19.7 Å². The molecule has 0 aromatic carbocycles. The molecule has 5 nitrogen and oxygen atoms in total. The van der Waals surface area contributed by atoms with E-state index >= 15 is 0 Å². The molecular weight excluding hydrogens is 246 g/mol. The minimum atomic E-state index is -0.830. The average molecular weight is 269 g/mol. The monoisotopic (exact) mass is 269 g/mol. The third-order valence-corrected chi connectivity index (χ3v) is 4.29.